The lowest BCUT2D eigenvalue weighted by atomic mass is 9.93. The Morgan fingerprint density at radius 1 is 1.00 bits per heavy atom. The minimum Gasteiger partial charge on any atom is -0.0776 e. The second-order valence-electron chi connectivity index (χ2n) is 3.36. The van der Waals surface area contributed by atoms with E-state index >= 15 is 0 Å². The van der Waals surface area contributed by atoms with Crippen LogP contribution in [0.4, 0.5) is 0 Å². The number of rotatable bonds is 4. The molecule has 0 aromatic heterocycles. The van der Waals surface area contributed by atoms with Gasteiger partial charge in [-0.2, -0.15) is 0 Å². The van der Waals surface area contributed by atoms with Crippen molar-refractivity contribution < 1.29 is 0 Å². The minimum absolute atomic E-state index is 0. The van der Waals surface area contributed by atoms with Gasteiger partial charge in [0.1, 0.15) is 0 Å². The van der Waals surface area contributed by atoms with Crippen molar-refractivity contribution in [3.05, 3.63) is 0 Å². The molecule has 0 saturated heterocycles. The SMILES string of the molecule is C.CC.CCCCC(C)C(C)C. The molecule has 0 saturated carbocycles. The Balaban J connectivity index is -0.000000249. The Kier molecular flexibility index (Phi) is 20.3. The van der Waals surface area contributed by atoms with Gasteiger partial charge in [-0.3, -0.25) is 0 Å². The molecule has 0 heteroatoms. The first-order valence-corrected chi connectivity index (χ1v) is 5.18. The monoisotopic (exact) mass is 174 g/mol. The molecule has 0 aliphatic carbocycles. The number of unbranched alkanes of at least 4 members (excludes halogenated alkanes) is 1. The molecule has 0 nitrogen and oxygen atoms in total. The van der Waals surface area contributed by atoms with Crippen molar-refractivity contribution in [1.82, 2.24) is 0 Å². The molecule has 0 bridgehead atoms. The summed E-state index contributed by atoms with van der Waals surface area (Å²) in [6, 6.07) is 0. The van der Waals surface area contributed by atoms with Crippen LogP contribution < -0.4 is 0 Å². The standard InChI is InChI=1S/C9H20.C2H6.CH4/c1-5-6-7-9(4)8(2)3;1-2;/h8-9H,5-7H2,1-4H3;1-2H3;1H4. The van der Waals surface area contributed by atoms with Crippen LogP contribution in [0.25, 0.3) is 0 Å². The highest BCUT2D eigenvalue weighted by Crippen LogP contribution is 2.16. The van der Waals surface area contributed by atoms with Crippen LogP contribution in [0.2, 0.25) is 0 Å². The summed E-state index contributed by atoms with van der Waals surface area (Å²) in [5.74, 6) is 1.79. The van der Waals surface area contributed by atoms with E-state index in [2.05, 4.69) is 27.7 Å². The molecule has 0 aliphatic heterocycles. The second-order valence-corrected chi connectivity index (χ2v) is 3.36. The molecule has 78 valence electrons. The molecular weight excluding hydrogens is 144 g/mol. The number of hydrogen-bond donors (Lipinski definition) is 0. The van der Waals surface area contributed by atoms with Crippen molar-refractivity contribution in [2.75, 3.05) is 0 Å². The molecule has 12 heavy (non-hydrogen) atoms. The van der Waals surface area contributed by atoms with Gasteiger partial charge in [0.2, 0.25) is 0 Å². The van der Waals surface area contributed by atoms with Gasteiger partial charge in [0, 0.05) is 0 Å². The van der Waals surface area contributed by atoms with Crippen molar-refractivity contribution in [2.45, 2.75) is 68.2 Å². The third-order valence-corrected chi connectivity index (χ3v) is 2.15. The smallest absolute Gasteiger partial charge is 0.0420 e. The van der Waals surface area contributed by atoms with Gasteiger partial charge >= 0.3 is 0 Å². The van der Waals surface area contributed by atoms with Crippen LogP contribution in [0.3, 0.4) is 0 Å². The molecule has 0 aromatic rings. The zero-order valence-corrected chi connectivity index (χ0v) is 9.28. The van der Waals surface area contributed by atoms with E-state index in [1.165, 1.54) is 19.3 Å². The van der Waals surface area contributed by atoms with Gasteiger partial charge in [0.25, 0.3) is 0 Å². The van der Waals surface area contributed by atoms with E-state index in [1.54, 1.807) is 0 Å². The first-order valence-electron chi connectivity index (χ1n) is 5.18. The normalized spacial score (nSPS) is 11.2. The van der Waals surface area contributed by atoms with Crippen molar-refractivity contribution in [1.29, 1.82) is 0 Å². The van der Waals surface area contributed by atoms with Gasteiger partial charge in [0.15, 0.2) is 0 Å². The van der Waals surface area contributed by atoms with Crippen molar-refractivity contribution in [3.63, 3.8) is 0 Å². The van der Waals surface area contributed by atoms with E-state index in [0.29, 0.717) is 0 Å². The van der Waals surface area contributed by atoms with Crippen molar-refractivity contribution in [2.24, 2.45) is 11.8 Å². The molecule has 0 amide bonds. The Hall–Kier alpha value is 0. The lowest BCUT2D eigenvalue weighted by molar-refractivity contribution is 0.381. The molecule has 0 spiro atoms. The van der Waals surface area contributed by atoms with Crippen molar-refractivity contribution >= 4 is 0 Å². The quantitative estimate of drug-likeness (QED) is 0.554. The first-order chi connectivity index (χ1) is 5.18. The summed E-state index contributed by atoms with van der Waals surface area (Å²) in [6.07, 6.45) is 4.16. The minimum atomic E-state index is 0. The van der Waals surface area contributed by atoms with Crippen LogP contribution in [0.15, 0.2) is 0 Å². The van der Waals surface area contributed by atoms with E-state index in [1.807, 2.05) is 13.8 Å². The molecule has 0 aliphatic rings. The van der Waals surface area contributed by atoms with E-state index in [-0.39, 0.29) is 7.43 Å². The summed E-state index contributed by atoms with van der Waals surface area (Å²) in [4.78, 5) is 0. The molecule has 1 unspecified atom stereocenters. The molecule has 0 fully saturated rings. The Morgan fingerprint density at radius 3 is 1.67 bits per heavy atom. The predicted octanol–water partition coefficient (Wildman–Crippen LogP) is 5.13. The third-order valence-electron chi connectivity index (χ3n) is 2.15. The summed E-state index contributed by atoms with van der Waals surface area (Å²) in [5, 5.41) is 0. The fourth-order valence-corrected chi connectivity index (χ4v) is 0.859. The second kappa shape index (κ2) is 13.6. The van der Waals surface area contributed by atoms with Crippen molar-refractivity contribution in [3.8, 4) is 0 Å². The van der Waals surface area contributed by atoms with Gasteiger partial charge in [-0.1, -0.05) is 68.2 Å². The highest BCUT2D eigenvalue weighted by molar-refractivity contribution is 4.55. The zero-order valence-electron chi connectivity index (χ0n) is 9.28. The fraction of sp³-hybridized carbons (Fsp3) is 1.00. The van der Waals surface area contributed by atoms with Gasteiger partial charge < -0.3 is 0 Å². The van der Waals surface area contributed by atoms with Gasteiger partial charge in [-0.25, -0.2) is 0 Å². The summed E-state index contributed by atoms with van der Waals surface area (Å²) < 4.78 is 0. The van der Waals surface area contributed by atoms with Crippen LogP contribution in [-0.4, -0.2) is 0 Å². The molecular formula is C12H30. The molecule has 0 N–H and O–H groups in total. The average molecular weight is 174 g/mol. The Labute approximate surface area is 80.8 Å². The maximum atomic E-state index is 2.35. The van der Waals surface area contributed by atoms with Crippen LogP contribution in [0.1, 0.15) is 68.2 Å². The first kappa shape index (κ1) is 17.9. The van der Waals surface area contributed by atoms with Gasteiger partial charge in [-0.15, -0.1) is 0 Å². The molecule has 0 radical (unpaired) electrons. The van der Waals surface area contributed by atoms with Crippen LogP contribution in [0.5, 0.6) is 0 Å². The fourth-order valence-electron chi connectivity index (χ4n) is 0.859. The number of hydrogen-bond acceptors (Lipinski definition) is 0. The van der Waals surface area contributed by atoms with Gasteiger partial charge in [0.05, 0.1) is 0 Å². The lowest BCUT2D eigenvalue weighted by Crippen LogP contribution is -2.02. The van der Waals surface area contributed by atoms with Crippen LogP contribution in [-0.2, 0) is 0 Å². The summed E-state index contributed by atoms with van der Waals surface area (Å²) >= 11 is 0. The van der Waals surface area contributed by atoms with Gasteiger partial charge in [-0.05, 0) is 11.8 Å². The van der Waals surface area contributed by atoms with Crippen LogP contribution >= 0.6 is 0 Å². The largest absolute Gasteiger partial charge is 0.0776 e. The van der Waals surface area contributed by atoms with E-state index in [9.17, 15) is 0 Å². The summed E-state index contributed by atoms with van der Waals surface area (Å²) in [6.45, 7) is 13.2. The van der Waals surface area contributed by atoms with E-state index in [4.69, 9.17) is 0 Å². The maximum Gasteiger partial charge on any atom is -0.0420 e. The highest BCUT2D eigenvalue weighted by atomic mass is 14.1. The lowest BCUT2D eigenvalue weighted by Gasteiger charge is -2.13. The predicted molar refractivity (Wildman–Crippen MR) is 61.6 cm³/mol. The molecule has 1 atom stereocenters. The topological polar surface area (TPSA) is 0 Å². The summed E-state index contributed by atoms with van der Waals surface area (Å²) in [5.41, 5.74) is 0. The Morgan fingerprint density at radius 2 is 1.42 bits per heavy atom. The van der Waals surface area contributed by atoms with E-state index < -0.39 is 0 Å². The zero-order chi connectivity index (χ0) is 9.28. The highest BCUT2D eigenvalue weighted by Gasteiger charge is 2.04. The van der Waals surface area contributed by atoms with E-state index in [0.717, 1.165) is 11.8 Å². The molecule has 0 rings (SSSR count). The third kappa shape index (κ3) is 12.7. The molecule has 0 aromatic carbocycles. The maximum absolute atomic E-state index is 2.35. The molecule has 0 heterocycles. The summed E-state index contributed by atoms with van der Waals surface area (Å²) in [7, 11) is 0. The Bertz CT molecular complexity index is 55.1. The van der Waals surface area contributed by atoms with Crippen LogP contribution in [0, 0.1) is 11.8 Å². The average Bonchev–Trinajstić information content (AvgIpc) is 2.03.